The molecule has 0 spiro atoms. The van der Waals surface area contributed by atoms with Crippen LogP contribution in [0.15, 0.2) is 138 Å². The average molecular weight is 928 g/mol. The zero-order valence-electron chi connectivity index (χ0n) is 35.0. The number of carbonyl (C=O) groups excluding carboxylic acids is 1. The van der Waals surface area contributed by atoms with Crippen molar-refractivity contribution in [2.45, 2.75) is 51.2 Å². The Morgan fingerprint density at radius 1 is 0.818 bits per heavy atom. The number of halogens is 7. The molecule has 0 atom stereocenters. The van der Waals surface area contributed by atoms with Crippen molar-refractivity contribution in [2.75, 3.05) is 23.3 Å². The Labute approximate surface area is 379 Å². The van der Waals surface area contributed by atoms with E-state index in [9.17, 15) is 31.1 Å². The number of alkyl halides is 6. The number of hydrogen-bond donors (Lipinski definition) is 2. The summed E-state index contributed by atoms with van der Waals surface area (Å²) >= 11 is 6.14. The minimum Gasteiger partial charge on any atom is -0.459 e. The number of pyridine rings is 1. The number of nitrogens with zero attached hydrogens (tertiary/aromatic N) is 5. The highest BCUT2D eigenvalue weighted by atomic mass is 35.5. The number of piperidine rings is 1. The van der Waals surface area contributed by atoms with Crippen LogP contribution in [0.5, 0.6) is 17.2 Å². The molecule has 4 aromatic heterocycles. The van der Waals surface area contributed by atoms with Crippen LogP contribution in [-0.4, -0.2) is 44.7 Å². The topological polar surface area (TPSA) is 119 Å². The van der Waals surface area contributed by atoms with Gasteiger partial charge in [0.05, 0.1) is 22.5 Å². The first-order chi connectivity index (χ1) is 31.7. The molecule has 5 heterocycles. The van der Waals surface area contributed by atoms with E-state index in [1.54, 1.807) is 65.2 Å². The van der Waals surface area contributed by atoms with Crippen LogP contribution in [0.2, 0.25) is 5.02 Å². The van der Waals surface area contributed by atoms with E-state index in [4.69, 9.17) is 20.8 Å². The quantitative estimate of drug-likeness (QED) is 0.122. The Balaban J connectivity index is 0.000000192. The van der Waals surface area contributed by atoms with Gasteiger partial charge >= 0.3 is 12.5 Å². The van der Waals surface area contributed by atoms with Gasteiger partial charge in [-0.2, -0.15) is 13.2 Å². The van der Waals surface area contributed by atoms with E-state index in [0.717, 1.165) is 66.3 Å². The molecule has 0 saturated carbocycles. The third kappa shape index (κ3) is 11.1. The summed E-state index contributed by atoms with van der Waals surface area (Å²) in [6, 6.07) is 31.0. The number of anilines is 3. The van der Waals surface area contributed by atoms with Crippen molar-refractivity contribution in [1.29, 1.82) is 0 Å². The third-order valence-corrected chi connectivity index (χ3v) is 11.0. The second-order valence-electron chi connectivity index (χ2n) is 15.2. The molecule has 0 bridgehead atoms. The Kier molecular flexibility index (Phi) is 13.4. The van der Waals surface area contributed by atoms with Gasteiger partial charge in [0.2, 0.25) is 0 Å². The smallest absolute Gasteiger partial charge is 0.459 e. The number of furan rings is 1. The molecule has 4 aromatic carbocycles. The van der Waals surface area contributed by atoms with Crippen LogP contribution in [0.4, 0.5) is 43.5 Å². The zero-order valence-corrected chi connectivity index (χ0v) is 35.8. The highest BCUT2D eigenvalue weighted by Gasteiger charge is 2.32. The Hall–Kier alpha value is -7.27. The molecule has 18 heteroatoms. The van der Waals surface area contributed by atoms with Crippen molar-refractivity contribution in [3.63, 3.8) is 0 Å². The van der Waals surface area contributed by atoms with Gasteiger partial charge in [-0.15, -0.1) is 13.2 Å². The number of amides is 1. The molecule has 1 fully saturated rings. The SMILES string of the molecule is CCc1nc2ccc(Cl)cn2c1C(=O)NCc1ccc(N2CCC(c3ccc(OC(F)(F)F)cc3)CC2)cc1.FC(F)(F)c1ccc(Oc2ccc(Nc3ncnc4ccoc34)cc2)cc1. The monoisotopic (exact) mass is 927 g/mol. The first-order valence-corrected chi connectivity index (χ1v) is 21.1. The first kappa shape index (κ1) is 45.3. The molecular formula is C48H40ClF6N7O4. The van der Waals surface area contributed by atoms with Crippen molar-refractivity contribution in [3.05, 3.63) is 167 Å². The van der Waals surface area contributed by atoms with Crippen LogP contribution >= 0.6 is 11.6 Å². The number of nitrogens with one attached hydrogen (secondary N) is 2. The van der Waals surface area contributed by atoms with Gasteiger partial charge in [-0.25, -0.2) is 15.0 Å². The van der Waals surface area contributed by atoms with Gasteiger partial charge in [-0.05, 0) is 121 Å². The van der Waals surface area contributed by atoms with E-state index >= 15 is 0 Å². The maximum Gasteiger partial charge on any atom is 0.573 e. The van der Waals surface area contributed by atoms with E-state index in [1.807, 2.05) is 19.1 Å². The summed E-state index contributed by atoms with van der Waals surface area (Å²) in [4.78, 5) is 28.1. The van der Waals surface area contributed by atoms with E-state index in [1.165, 1.54) is 36.9 Å². The van der Waals surface area contributed by atoms with E-state index < -0.39 is 18.1 Å². The van der Waals surface area contributed by atoms with Crippen molar-refractivity contribution in [3.8, 4) is 17.2 Å². The fourth-order valence-corrected chi connectivity index (χ4v) is 7.69. The largest absolute Gasteiger partial charge is 0.573 e. The summed E-state index contributed by atoms with van der Waals surface area (Å²) in [7, 11) is 0. The van der Waals surface area contributed by atoms with Gasteiger partial charge in [0, 0.05) is 43.3 Å². The van der Waals surface area contributed by atoms with Crippen LogP contribution in [-0.2, 0) is 19.1 Å². The maximum absolute atomic E-state index is 13.0. The number of aromatic nitrogens is 4. The number of fused-ring (bicyclic) bond motifs is 2. The van der Waals surface area contributed by atoms with Crippen molar-refractivity contribution >= 4 is 51.4 Å². The van der Waals surface area contributed by atoms with Crippen LogP contribution in [0, 0.1) is 0 Å². The first-order valence-electron chi connectivity index (χ1n) is 20.7. The number of aryl methyl sites for hydroxylation is 1. The van der Waals surface area contributed by atoms with E-state index in [-0.39, 0.29) is 17.6 Å². The molecule has 66 heavy (non-hydrogen) atoms. The lowest BCUT2D eigenvalue weighted by atomic mass is 9.89. The third-order valence-electron chi connectivity index (χ3n) is 10.8. The molecule has 2 N–H and O–H groups in total. The van der Waals surface area contributed by atoms with E-state index in [2.05, 4.69) is 47.4 Å². The molecule has 11 nitrogen and oxygen atoms in total. The molecule has 0 unspecified atom stereocenters. The Morgan fingerprint density at radius 2 is 1.48 bits per heavy atom. The van der Waals surface area contributed by atoms with Gasteiger partial charge in [0.1, 0.15) is 40.4 Å². The number of imidazole rings is 1. The number of ether oxygens (including phenoxy) is 2. The predicted octanol–water partition coefficient (Wildman–Crippen LogP) is 12.5. The lowest BCUT2D eigenvalue weighted by Gasteiger charge is -2.34. The molecule has 1 saturated heterocycles. The summed E-state index contributed by atoms with van der Waals surface area (Å²) < 4.78 is 91.6. The van der Waals surface area contributed by atoms with E-state index in [0.29, 0.717) is 57.7 Å². The molecule has 0 radical (unpaired) electrons. The van der Waals surface area contributed by atoms with Gasteiger partial charge in [-0.3, -0.25) is 9.20 Å². The number of hydrogen-bond acceptors (Lipinski definition) is 9. The lowest BCUT2D eigenvalue weighted by Crippen LogP contribution is -2.32. The second-order valence-corrected chi connectivity index (χ2v) is 15.6. The zero-order chi connectivity index (χ0) is 46.4. The predicted molar refractivity (Wildman–Crippen MR) is 238 cm³/mol. The molecule has 0 aliphatic carbocycles. The molecule has 8 aromatic rings. The Bertz CT molecular complexity index is 2900. The summed E-state index contributed by atoms with van der Waals surface area (Å²) in [6.45, 7) is 4.04. The molecule has 1 aliphatic heterocycles. The number of rotatable bonds is 11. The molecule has 340 valence electrons. The van der Waals surface area contributed by atoms with Gasteiger partial charge in [-0.1, -0.05) is 42.8 Å². The number of benzene rings is 4. The van der Waals surface area contributed by atoms with Crippen LogP contribution in [0.25, 0.3) is 16.7 Å². The molecule has 1 aliphatic rings. The lowest BCUT2D eigenvalue weighted by molar-refractivity contribution is -0.274. The summed E-state index contributed by atoms with van der Waals surface area (Å²) in [5.41, 5.74) is 6.26. The highest BCUT2D eigenvalue weighted by molar-refractivity contribution is 6.30. The molecule has 9 rings (SSSR count). The van der Waals surface area contributed by atoms with Gasteiger partial charge < -0.3 is 29.4 Å². The Morgan fingerprint density at radius 3 is 2.14 bits per heavy atom. The standard InChI is InChI=1S/C29H28ClF3N4O2.C19H12F3N3O2/c1-2-25-27(37-18-22(30)7-12-26(37)35-25)28(38)34-17-19-3-8-23(9-4-19)36-15-13-21(14-16-36)20-5-10-24(11-6-20)39-29(31,32)33;20-19(21,22)12-1-5-14(6-2-12)27-15-7-3-13(4-8-15)25-18-17-16(9-10-26-17)23-11-24-18/h3-12,18,21H,2,13-17H2,1H3,(H,34,38);1-11H,(H,23,24,25). The van der Waals surface area contributed by atoms with Crippen LogP contribution < -0.4 is 25.0 Å². The van der Waals surface area contributed by atoms with Crippen molar-refractivity contribution < 1.29 is 45.0 Å². The molecular weight excluding hydrogens is 888 g/mol. The summed E-state index contributed by atoms with van der Waals surface area (Å²) in [5.74, 6) is 1.22. The molecule has 1 amide bonds. The van der Waals surface area contributed by atoms with Gasteiger partial charge in [0.15, 0.2) is 11.4 Å². The fraction of sp³-hybridized carbons (Fsp3) is 0.208. The fourth-order valence-electron chi connectivity index (χ4n) is 7.53. The minimum absolute atomic E-state index is 0.200. The number of carbonyl (C=O) groups is 1. The van der Waals surface area contributed by atoms with Gasteiger partial charge in [0.25, 0.3) is 5.91 Å². The minimum atomic E-state index is -4.68. The maximum atomic E-state index is 13.0. The average Bonchev–Trinajstić information content (AvgIpc) is 3.95. The normalized spacial score (nSPS) is 13.3. The van der Waals surface area contributed by atoms with Crippen LogP contribution in [0.1, 0.15) is 58.6 Å². The van der Waals surface area contributed by atoms with Crippen molar-refractivity contribution in [2.24, 2.45) is 0 Å². The van der Waals surface area contributed by atoms with Crippen LogP contribution in [0.3, 0.4) is 0 Å². The van der Waals surface area contributed by atoms with Crippen molar-refractivity contribution in [1.82, 2.24) is 24.7 Å². The summed E-state index contributed by atoms with van der Waals surface area (Å²) in [6.07, 6.45) is -1.95. The highest BCUT2D eigenvalue weighted by Crippen LogP contribution is 2.34. The summed E-state index contributed by atoms with van der Waals surface area (Å²) in [5, 5.41) is 6.65. The second kappa shape index (κ2) is 19.5.